The van der Waals surface area contributed by atoms with Crippen molar-refractivity contribution >= 4 is 23.2 Å². The lowest BCUT2D eigenvalue weighted by Crippen LogP contribution is -2.21. The van der Waals surface area contributed by atoms with Crippen LogP contribution < -0.4 is 0 Å². The van der Waals surface area contributed by atoms with Gasteiger partial charge in [-0.15, -0.1) is 0 Å². The third kappa shape index (κ3) is 2.35. The minimum absolute atomic E-state index is 0.388. The Morgan fingerprint density at radius 2 is 1.76 bits per heavy atom. The molecule has 0 radical (unpaired) electrons. The first-order chi connectivity index (χ1) is 7.96. The van der Waals surface area contributed by atoms with Gasteiger partial charge >= 0.3 is 0 Å². The number of benzene rings is 1. The molecule has 0 nitrogen and oxygen atoms in total. The Labute approximate surface area is 114 Å². The molecule has 1 fully saturated rings. The molecule has 17 heavy (non-hydrogen) atoms. The Bertz CT molecular complexity index is 417. The van der Waals surface area contributed by atoms with Crippen LogP contribution in [0.1, 0.15) is 56.6 Å². The predicted octanol–water partition coefficient (Wildman–Crippen LogP) is 5.99. The highest BCUT2D eigenvalue weighted by Gasteiger charge is 2.36. The fourth-order valence-corrected chi connectivity index (χ4v) is 3.70. The first-order valence-electron chi connectivity index (χ1n) is 6.40. The van der Waals surface area contributed by atoms with Crippen LogP contribution in [0.25, 0.3) is 0 Å². The lowest BCUT2D eigenvalue weighted by atomic mass is 9.72. The van der Waals surface area contributed by atoms with Crippen LogP contribution in [0.3, 0.4) is 0 Å². The number of hydrogen-bond acceptors (Lipinski definition) is 0. The highest BCUT2D eigenvalue weighted by Crippen LogP contribution is 2.50. The van der Waals surface area contributed by atoms with Gasteiger partial charge in [-0.25, -0.2) is 0 Å². The van der Waals surface area contributed by atoms with E-state index in [9.17, 15) is 0 Å². The van der Waals surface area contributed by atoms with E-state index in [1.54, 1.807) is 0 Å². The Balaban J connectivity index is 2.43. The molecule has 94 valence electrons. The quantitative estimate of drug-likeness (QED) is 0.620. The summed E-state index contributed by atoms with van der Waals surface area (Å²) in [4.78, 5) is 0. The highest BCUT2D eigenvalue weighted by molar-refractivity contribution is 6.42. The topological polar surface area (TPSA) is 0 Å². The monoisotopic (exact) mass is 270 g/mol. The van der Waals surface area contributed by atoms with E-state index < -0.39 is 0 Å². The van der Waals surface area contributed by atoms with Crippen molar-refractivity contribution in [2.75, 3.05) is 0 Å². The smallest absolute Gasteiger partial charge is 0.0629 e. The largest absolute Gasteiger partial charge is 0.0827 e. The Hall–Kier alpha value is -0.200. The molecule has 0 aliphatic heterocycles. The van der Waals surface area contributed by atoms with Crippen LogP contribution in [0.5, 0.6) is 0 Å². The van der Waals surface area contributed by atoms with Gasteiger partial charge in [0.15, 0.2) is 0 Å². The van der Waals surface area contributed by atoms with Gasteiger partial charge in [0.25, 0.3) is 0 Å². The van der Waals surface area contributed by atoms with E-state index in [0.29, 0.717) is 16.4 Å². The molecule has 1 aromatic carbocycles. The summed E-state index contributed by atoms with van der Waals surface area (Å²) >= 11 is 12.6. The summed E-state index contributed by atoms with van der Waals surface area (Å²) in [6.45, 7) is 6.82. The second-order valence-corrected chi connectivity index (χ2v) is 6.46. The van der Waals surface area contributed by atoms with Crippen molar-refractivity contribution in [1.82, 2.24) is 0 Å². The highest BCUT2D eigenvalue weighted by atomic mass is 35.5. The maximum atomic E-state index is 6.40. The summed E-state index contributed by atoms with van der Waals surface area (Å²) in [6, 6.07) is 3.98. The minimum Gasteiger partial charge on any atom is -0.0827 e. The van der Waals surface area contributed by atoms with Crippen molar-refractivity contribution in [3.8, 4) is 0 Å². The van der Waals surface area contributed by atoms with E-state index in [4.69, 9.17) is 23.2 Å². The van der Waals surface area contributed by atoms with E-state index in [2.05, 4.69) is 26.8 Å². The van der Waals surface area contributed by atoms with E-state index in [0.717, 1.165) is 5.02 Å². The maximum Gasteiger partial charge on any atom is 0.0629 e. The molecule has 0 amide bonds. The lowest BCUT2D eigenvalue weighted by Gasteiger charge is -2.33. The third-order valence-corrected chi connectivity index (χ3v) is 5.39. The SMILES string of the molecule is Cc1ccc(Cl)c(Cl)c1C(C)C1(C)CCCC1. The fraction of sp³-hybridized carbons (Fsp3) is 0.600. The molecule has 0 N–H and O–H groups in total. The van der Waals surface area contributed by atoms with Gasteiger partial charge in [0.1, 0.15) is 0 Å². The molecule has 0 aromatic heterocycles. The Morgan fingerprint density at radius 1 is 1.18 bits per heavy atom. The first-order valence-corrected chi connectivity index (χ1v) is 7.16. The molecule has 1 aliphatic carbocycles. The lowest BCUT2D eigenvalue weighted by molar-refractivity contribution is 0.275. The molecule has 2 heteroatoms. The fourth-order valence-electron chi connectivity index (χ4n) is 3.16. The van der Waals surface area contributed by atoms with Gasteiger partial charge in [-0.05, 0) is 48.3 Å². The Kier molecular flexibility index (Phi) is 3.75. The van der Waals surface area contributed by atoms with Gasteiger partial charge in [-0.1, -0.05) is 56.0 Å². The van der Waals surface area contributed by atoms with Crippen LogP contribution in [0, 0.1) is 12.3 Å². The zero-order valence-electron chi connectivity index (χ0n) is 10.8. The zero-order valence-corrected chi connectivity index (χ0v) is 12.3. The number of aryl methyl sites for hydroxylation is 1. The molecular formula is C15H20Cl2. The second kappa shape index (κ2) is 4.82. The van der Waals surface area contributed by atoms with E-state index in [-0.39, 0.29) is 0 Å². The van der Waals surface area contributed by atoms with Crippen molar-refractivity contribution in [3.05, 3.63) is 33.3 Å². The van der Waals surface area contributed by atoms with Crippen LogP contribution in [0.15, 0.2) is 12.1 Å². The molecule has 1 aromatic rings. The van der Waals surface area contributed by atoms with Crippen LogP contribution >= 0.6 is 23.2 Å². The van der Waals surface area contributed by atoms with Gasteiger partial charge in [0.2, 0.25) is 0 Å². The number of rotatable bonds is 2. The molecule has 1 atom stereocenters. The van der Waals surface area contributed by atoms with Crippen molar-refractivity contribution in [2.24, 2.45) is 5.41 Å². The summed E-state index contributed by atoms with van der Waals surface area (Å²) in [7, 11) is 0. The van der Waals surface area contributed by atoms with Crippen LogP contribution in [-0.4, -0.2) is 0 Å². The summed E-state index contributed by atoms with van der Waals surface area (Å²) in [5.74, 6) is 0.483. The number of halogens is 2. The molecule has 0 heterocycles. The van der Waals surface area contributed by atoms with Crippen molar-refractivity contribution < 1.29 is 0 Å². The standard InChI is InChI=1S/C15H20Cl2/c1-10-6-7-12(16)14(17)13(10)11(2)15(3)8-4-5-9-15/h6-7,11H,4-5,8-9H2,1-3H3. The van der Waals surface area contributed by atoms with Crippen molar-refractivity contribution in [2.45, 2.75) is 52.4 Å². The predicted molar refractivity (Wildman–Crippen MR) is 76.2 cm³/mol. The summed E-state index contributed by atoms with van der Waals surface area (Å²) in [5.41, 5.74) is 2.91. The van der Waals surface area contributed by atoms with Crippen LogP contribution in [0.2, 0.25) is 10.0 Å². The molecular weight excluding hydrogens is 251 g/mol. The molecule has 2 rings (SSSR count). The van der Waals surface area contributed by atoms with Gasteiger partial charge < -0.3 is 0 Å². The first kappa shape index (κ1) is 13.2. The van der Waals surface area contributed by atoms with Gasteiger partial charge in [0.05, 0.1) is 10.0 Å². The molecule has 0 spiro atoms. The van der Waals surface area contributed by atoms with Crippen LogP contribution in [-0.2, 0) is 0 Å². The summed E-state index contributed by atoms with van der Waals surface area (Å²) in [5, 5.41) is 1.44. The maximum absolute atomic E-state index is 6.40. The summed E-state index contributed by atoms with van der Waals surface area (Å²) < 4.78 is 0. The molecule has 0 bridgehead atoms. The molecule has 1 saturated carbocycles. The van der Waals surface area contributed by atoms with Gasteiger partial charge in [-0.2, -0.15) is 0 Å². The van der Waals surface area contributed by atoms with Gasteiger partial charge in [0, 0.05) is 0 Å². The number of hydrogen-bond donors (Lipinski definition) is 0. The van der Waals surface area contributed by atoms with Crippen LogP contribution in [0.4, 0.5) is 0 Å². The van der Waals surface area contributed by atoms with E-state index in [1.165, 1.54) is 36.8 Å². The van der Waals surface area contributed by atoms with E-state index in [1.807, 2.05) is 6.07 Å². The second-order valence-electron chi connectivity index (χ2n) is 5.67. The van der Waals surface area contributed by atoms with Gasteiger partial charge in [-0.3, -0.25) is 0 Å². The Morgan fingerprint density at radius 3 is 2.35 bits per heavy atom. The normalized spacial score (nSPS) is 20.5. The molecule has 0 saturated heterocycles. The van der Waals surface area contributed by atoms with Crippen molar-refractivity contribution in [1.29, 1.82) is 0 Å². The van der Waals surface area contributed by atoms with E-state index >= 15 is 0 Å². The third-order valence-electron chi connectivity index (χ3n) is 4.57. The average molecular weight is 271 g/mol. The average Bonchev–Trinajstić information content (AvgIpc) is 2.72. The van der Waals surface area contributed by atoms with Crippen molar-refractivity contribution in [3.63, 3.8) is 0 Å². The zero-order chi connectivity index (χ0) is 12.6. The molecule has 1 aliphatic rings. The minimum atomic E-state index is 0.388. The summed E-state index contributed by atoms with van der Waals surface area (Å²) in [6.07, 6.45) is 5.29. The molecule has 1 unspecified atom stereocenters.